The molecule has 3 rings (SSSR count). The number of carbonyl (C=O) groups is 2. The molecule has 1 atom stereocenters. The third-order valence-corrected chi connectivity index (χ3v) is 5.38. The predicted molar refractivity (Wildman–Crippen MR) is 95.3 cm³/mol. The lowest BCUT2D eigenvalue weighted by molar-refractivity contribution is -0.127. The van der Waals surface area contributed by atoms with E-state index in [1.165, 1.54) is 29.9 Å². The van der Waals surface area contributed by atoms with Crippen LogP contribution in [0.25, 0.3) is 0 Å². The average Bonchev–Trinajstić information content (AvgIpc) is 2.64. The van der Waals surface area contributed by atoms with E-state index in [4.69, 9.17) is 0 Å². The molecule has 2 fully saturated rings. The smallest absolute Gasteiger partial charge is 0.254 e. The van der Waals surface area contributed by atoms with Gasteiger partial charge in [-0.25, -0.2) is 0 Å². The molecule has 1 aliphatic carbocycles. The van der Waals surface area contributed by atoms with Gasteiger partial charge in [-0.2, -0.15) is 0 Å². The summed E-state index contributed by atoms with van der Waals surface area (Å²) in [7, 11) is 1.66. The third kappa shape index (κ3) is 4.30. The third-order valence-electron chi connectivity index (χ3n) is 5.38. The van der Waals surface area contributed by atoms with Gasteiger partial charge in [0.1, 0.15) is 0 Å². The average molecular weight is 345 g/mol. The highest BCUT2D eigenvalue weighted by Crippen LogP contribution is 2.21. The second-order valence-corrected chi connectivity index (χ2v) is 7.30. The molecule has 1 aliphatic heterocycles. The standard InChI is InChI=1S/C19H27N3O3/c1-21-11-9-14(12-17(21)23)19(25)22-10-5-6-15(13-22)18(24)20-16-7-3-2-4-8-16/h9,11-12,15-16H,2-8,10,13H2,1H3,(H,20,24)/t15-/m0/s1. The number of nitrogens with one attached hydrogen (secondary N) is 1. The van der Waals surface area contributed by atoms with Crippen LogP contribution in [0.2, 0.25) is 0 Å². The molecule has 0 bridgehead atoms. The first-order valence-corrected chi connectivity index (χ1v) is 9.31. The van der Waals surface area contributed by atoms with Crippen molar-refractivity contribution in [3.8, 4) is 0 Å². The molecule has 2 amide bonds. The van der Waals surface area contributed by atoms with E-state index in [0.717, 1.165) is 25.7 Å². The highest BCUT2D eigenvalue weighted by molar-refractivity contribution is 5.94. The Morgan fingerprint density at radius 3 is 2.60 bits per heavy atom. The van der Waals surface area contributed by atoms with Crippen LogP contribution in [0.5, 0.6) is 0 Å². The van der Waals surface area contributed by atoms with Gasteiger partial charge in [-0.3, -0.25) is 14.4 Å². The van der Waals surface area contributed by atoms with Crippen molar-refractivity contribution in [1.82, 2.24) is 14.8 Å². The maximum Gasteiger partial charge on any atom is 0.254 e. The molecule has 136 valence electrons. The lowest BCUT2D eigenvalue weighted by Crippen LogP contribution is -2.48. The van der Waals surface area contributed by atoms with Crippen molar-refractivity contribution >= 4 is 11.8 Å². The molecule has 1 saturated heterocycles. The second-order valence-electron chi connectivity index (χ2n) is 7.30. The molecule has 0 aromatic carbocycles. The minimum atomic E-state index is -0.200. The van der Waals surface area contributed by atoms with Crippen LogP contribution in [0.3, 0.4) is 0 Å². The van der Waals surface area contributed by atoms with Gasteiger partial charge in [-0.1, -0.05) is 19.3 Å². The summed E-state index contributed by atoms with van der Waals surface area (Å²) in [4.78, 5) is 38.7. The van der Waals surface area contributed by atoms with Gasteiger partial charge in [0, 0.05) is 44.0 Å². The quantitative estimate of drug-likeness (QED) is 0.906. The molecule has 1 N–H and O–H groups in total. The summed E-state index contributed by atoms with van der Waals surface area (Å²) in [6, 6.07) is 3.33. The fraction of sp³-hybridized carbons (Fsp3) is 0.632. The van der Waals surface area contributed by atoms with Crippen LogP contribution in [0.1, 0.15) is 55.3 Å². The van der Waals surface area contributed by atoms with Gasteiger partial charge >= 0.3 is 0 Å². The van der Waals surface area contributed by atoms with E-state index in [2.05, 4.69) is 5.32 Å². The van der Waals surface area contributed by atoms with Gasteiger partial charge in [-0.05, 0) is 31.7 Å². The van der Waals surface area contributed by atoms with Crippen molar-refractivity contribution in [1.29, 1.82) is 0 Å². The largest absolute Gasteiger partial charge is 0.353 e. The van der Waals surface area contributed by atoms with E-state index in [-0.39, 0.29) is 23.3 Å². The summed E-state index contributed by atoms with van der Waals surface area (Å²) < 4.78 is 1.44. The van der Waals surface area contributed by atoms with E-state index < -0.39 is 0 Å². The molecule has 6 heteroatoms. The van der Waals surface area contributed by atoms with Gasteiger partial charge in [0.15, 0.2) is 0 Å². The number of likely N-dealkylation sites (tertiary alicyclic amines) is 1. The zero-order chi connectivity index (χ0) is 17.8. The number of amides is 2. The lowest BCUT2D eigenvalue weighted by Gasteiger charge is -2.33. The highest BCUT2D eigenvalue weighted by Gasteiger charge is 2.30. The van der Waals surface area contributed by atoms with Crippen LogP contribution < -0.4 is 10.9 Å². The Kier molecular flexibility index (Phi) is 5.56. The number of aromatic nitrogens is 1. The summed E-state index contributed by atoms with van der Waals surface area (Å²) in [5.74, 6) is -0.229. The van der Waals surface area contributed by atoms with Crippen LogP contribution in [0.4, 0.5) is 0 Å². The molecule has 6 nitrogen and oxygen atoms in total. The van der Waals surface area contributed by atoms with Gasteiger partial charge in [0.25, 0.3) is 11.5 Å². The summed E-state index contributed by atoms with van der Waals surface area (Å²) in [6.07, 6.45) is 8.99. The van der Waals surface area contributed by atoms with Gasteiger partial charge in [0.05, 0.1) is 5.92 Å². The van der Waals surface area contributed by atoms with Crippen LogP contribution in [0, 0.1) is 5.92 Å². The Bertz CT molecular complexity index is 691. The Morgan fingerprint density at radius 2 is 1.88 bits per heavy atom. The summed E-state index contributed by atoms with van der Waals surface area (Å²) >= 11 is 0. The highest BCUT2D eigenvalue weighted by atomic mass is 16.2. The minimum Gasteiger partial charge on any atom is -0.353 e. The molecule has 1 saturated carbocycles. The van der Waals surface area contributed by atoms with Crippen LogP contribution in [-0.4, -0.2) is 40.4 Å². The zero-order valence-electron chi connectivity index (χ0n) is 14.9. The Balaban J connectivity index is 1.61. The monoisotopic (exact) mass is 345 g/mol. The van der Waals surface area contributed by atoms with E-state index in [0.29, 0.717) is 24.7 Å². The molecule has 0 unspecified atom stereocenters. The first-order chi connectivity index (χ1) is 12.0. The fourth-order valence-corrected chi connectivity index (χ4v) is 3.81. The zero-order valence-corrected chi connectivity index (χ0v) is 14.9. The Morgan fingerprint density at radius 1 is 1.12 bits per heavy atom. The normalized spacial score (nSPS) is 21.8. The van der Waals surface area contributed by atoms with Crippen molar-refractivity contribution in [3.05, 3.63) is 34.2 Å². The van der Waals surface area contributed by atoms with Crippen LogP contribution >= 0.6 is 0 Å². The maximum absolute atomic E-state index is 12.7. The number of hydrogen-bond acceptors (Lipinski definition) is 3. The van der Waals surface area contributed by atoms with Crippen molar-refractivity contribution < 1.29 is 9.59 Å². The number of nitrogens with zero attached hydrogens (tertiary/aromatic N) is 2. The lowest BCUT2D eigenvalue weighted by atomic mass is 9.93. The SMILES string of the molecule is Cn1ccc(C(=O)N2CCC[C@H](C(=O)NC3CCCCC3)C2)cc1=O. The molecule has 0 spiro atoms. The van der Waals surface area contributed by atoms with Gasteiger partial charge in [0.2, 0.25) is 5.91 Å². The minimum absolute atomic E-state index is 0.0772. The molecule has 1 aromatic heterocycles. The number of carbonyl (C=O) groups excluding carboxylic acids is 2. The van der Waals surface area contributed by atoms with Crippen molar-refractivity contribution in [2.45, 2.75) is 51.0 Å². The van der Waals surface area contributed by atoms with E-state index in [9.17, 15) is 14.4 Å². The molecule has 25 heavy (non-hydrogen) atoms. The van der Waals surface area contributed by atoms with Crippen molar-refractivity contribution in [2.75, 3.05) is 13.1 Å². The van der Waals surface area contributed by atoms with Crippen LogP contribution in [-0.2, 0) is 11.8 Å². The molecular formula is C19H27N3O3. The van der Waals surface area contributed by atoms with Crippen molar-refractivity contribution in [2.24, 2.45) is 13.0 Å². The van der Waals surface area contributed by atoms with Gasteiger partial charge in [-0.15, -0.1) is 0 Å². The van der Waals surface area contributed by atoms with E-state index >= 15 is 0 Å². The molecular weight excluding hydrogens is 318 g/mol. The fourth-order valence-electron chi connectivity index (χ4n) is 3.81. The number of hydrogen-bond donors (Lipinski definition) is 1. The van der Waals surface area contributed by atoms with Crippen LogP contribution in [0.15, 0.2) is 23.1 Å². The predicted octanol–water partition coefficient (Wildman–Crippen LogP) is 1.69. The Hall–Kier alpha value is -2.11. The summed E-state index contributed by atoms with van der Waals surface area (Å²) in [5.41, 5.74) is 0.200. The summed E-state index contributed by atoms with van der Waals surface area (Å²) in [5, 5.41) is 3.17. The van der Waals surface area contributed by atoms with Gasteiger partial charge < -0.3 is 14.8 Å². The molecule has 0 radical (unpaired) electrons. The molecule has 1 aromatic rings. The number of aryl methyl sites for hydroxylation is 1. The first kappa shape index (κ1) is 17.7. The number of piperidine rings is 1. The molecule has 2 aliphatic rings. The van der Waals surface area contributed by atoms with E-state index in [1.807, 2.05) is 0 Å². The summed E-state index contributed by atoms with van der Waals surface area (Å²) in [6.45, 7) is 1.08. The van der Waals surface area contributed by atoms with E-state index in [1.54, 1.807) is 24.2 Å². The second kappa shape index (κ2) is 7.85. The first-order valence-electron chi connectivity index (χ1n) is 9.31. The topological polar surface area (TPSA) is 71.4 Å². The molecule has 2 heterocycles. The number of pyridine rings is 1. The maximum atomic E-state index is 12.7. The Labute approximate surface area is 148 Å². The number of rotatable bonds is 3. The van der Waals surface area contributed by atoms with Crippen molar-refractivity contribution in [3.63, 3.8) is 0 Å².